The van der Waals surface area contributed by atoms with Crippen LogP contribution in [-0.4, -0.2) is 38.9 Å². The van der Waals surface area contributed by atoms with E-state index >= 15 is 0 Å². The second kappa shape index (κ2) is 8.03. The van der Waals surface area contributed by atoms with Crippen molar-refractivity contribution in [2.75, 3.05) is 11.9 Å². The van der Waals surface area contributed by atoms with E-state index in [-0.39, 0.29) is 30.2 Å². The standard InChI is InChI=1S/C22H24N4O3/c1-2-15-7-9-16(10-8-15)13-26-19(11-12-23-26)24-20(27)14-25-21(28)17-5-3-4-6-18(17)22(25)29/h3-4,7-12,17-18H,2,5-6,13-14H2,1H3,(H,24,27). The summed E-state index contributed by atoms with van der Waals surface area (Å²) in [6.07, 6.45) is 7.59. The number of hydrogen-bond acceptors (Lipinski definition) is 4. The van der Waals surface area contributed by atoms with Gasteiger partial charge in [0.2, 0.25) is 17.7 Å². The SMILES string of the molecule is CCc1ccc(Cn2nccc2NC(=O)CN2C(=O)C3CC=CCC3C2=O)cc1. The number of imide groups is 1. The minimum Gasteiger partial charge on any atom is -0.309 e. The van der Waals surface area contributed by atoms with Gasteiger partial charge in [-0.25, -0.2) is 4.68 Å². The highest BCUT2D eigenvalue weighted by Crippen LogP contribution is 2.34. The maximum atomic E-state index is 12.5. The molecule has 0 radical (unpaired) electrons. The molecule has 1 aromatic heterocycles. The van der Waals surface area contributed by atoms with E-state index in [1.54, 1.807) is 16.9 Å². The Morgan fingerprint density at radius 1 is 1.03 bits per heavy atom. The number of carbonyl (C=O) groups is 3. The number of nitrogens with one attached hydrogen (secondary N) is 1. The van der Waals surface area contributed by atoms with Crippen LogP contribution >= 0.6 is 0 Å². The van der Waals surface area contributed by atoms with E-state index in [0.717, 1.165) is 16.9 Å². The first kappa shape index (κ1) is 19.1. The van der Waals surface area contributed by atoms with Crippen molar-refractivity contribution in [1.82, 2.24) is 14.7 Å². The molecule has 7 heteroatoms. The number of allylic oxidation sites excluding steroid dienone is 2. The first-order valence-electron chi connectivity index (χ1n) is 9.96. The lowest BCUT2D eigenvalue weighted by Crippen LogP contribution is -2.38. The van der Waals surface area contributed by atoms with E-state index < -0.39 is 5.91 Å². The number of nitrogens with zero attached hydrogens (tertiary/aromatic N) is 3. The Hall–Kier alpha value is -3.22. The van der Waals surface area contributed by atoms with E-state index in [9.17, 15) is 14.4 Å². The Morgan fingerprint density at radius 2 is 1.66 bits per heavy atom. The lowest BCUT2D eigenvalue weighted by Gasteiger charge is -2.15. The highest BCUT2D eigenvalue weighted by atomic mass is 16.2. The molecule has 150 valence electrons. The fraction of sp³-hybridized carbons (Fsp3) is 0.364. The van der Waals surface area contributed by atoms with Gasteiger partial charge < -0.3 is 5.32 Å². The van der Waals surface area contributed by atoms with Crippen LogP contribution in [0, 0.1) is 11.8 Å². The number of likely N-dealkylation sites (tertiary alicyclic amines) is 1. The Labute approximate surface area is 169 Å². The molecule has 2 aliphatic rings. The Kier molecular flexibility index (Phi) is 5.29. The van der Waals surface area contributed by atoms with Crippen LogP contribution in [-0.2, 0) is 27.3 Å². The largest absolute Gasteiger partial charge is 0.309 e. The van der Waals surface area contributed by atoms with Gasteiger partial charge in [0.1, 0.15) is 12.4 Å². The molecule has 2 unspecified atom stereocenters. The van der Waals surface area contributed by atoms with Crippen LogP contribution in [0.2, 0.25) is 0 Å². The molecular formula is C22H24N4O3. The van der Waals surface area contributed by atoms with Crippen molar-refractivity contribution in [2.45, 2.75) is 32.7 Å². The quantitative estimate of drug-likeness (QED) is 0.604. The number of amides is 3. The summed E-state index contributed by atoms with van der Waals surface area (Å²) in [5, 5.41) is 7.06. The topological polar surface area (TPSA) is 84.3 Å². The molecule has 1 fully saturated rings. The van der Waals surface area contributed by atoms with Crippen LogP contribution in [0.3, 0.4) is 0 Å². The van der Waals surface area contributed by atoms with E-state index in [4.69, 9.17) is 0 Å². The minimum atomic E-state index is -0.401. The van der Waals surface area contributed by atoms with Crippen molar-refractivity contribution in [1.29, 1.82) is 0 Å². The normalized spacial score (nSPS) is 20.8. The number of hydrogen-bond donors (Lipinski definition) is 1. The zero-order chi connectivity index (χ0) is 20.4. The smallest absolute Gasteiger partial charge is 0.245 e. The summed E-state index contributed by atoms with van der Waals surface area (Å²) in [4.78, 5) is 38.7. The molecule has 1 aromatic carbocycles. The van der Waals surface area contributed by atoms with Gasteiger partial charge in [-0.05, 0) is 30.4 Å². The molecule has 1 N–H and O–H groups in total. The molecule has 0 spiro atoms. The second-order valence-corrected chi connectivity index (χ2v) is 7.51. The Morgan fingerprint density at radius 3 is 2.28 bits per heavy atom. The highest BCUT2D eigenvalue weighted by Gasteiger charge is 2.47. The molecule has 2 heterocycles. The lowest BCUT2D eigenvalue weighted by molar-refractivity contribution is -0.142. The van der Waals surface area contributed by atoms with Crippen molar-refractivity contribution in [2.24, 2.45) is 11.8 Å². The fourth-order valence-electron chi connectivity index (χ4n) is 3.97. The first-order chi connectivity index (χ1) is 14.1. The number of rotatable bonds is 6. The number of carbonyl (C=O) groups excluding carboxylic acids is 3. The average molecular weight is 392 g/mol. The van der Waals surface area contributed by atoms with Gasteiger partial charge in [0.05, 0.1) is 24.6 Å². The molecule has 3 amide bonds. The summed E-state index contributed by atoms with van der Waals surface area (Å²) < 4.78 is 1.69. The third-order valence-corrected chi connectivity index (χ3v) is 5.65. The van der Waals surface area contributed by atoms with Gasteiger partial charge in [0, 0.05) is 6.07 Å². The third kappa shape index (κ3) is 3.85. The monoisotopic (exact) mass is 392 g/mol. The predicted octanol–water partition coefficient (Wildman–Crippen LogP) is 2.38. The maximum absolute atomic E-state index is 12.5. The Bertz CT molecular complexity index is 935. The lowest BCUT2D eigenvalue weighted by atomic mass is 9.85. The average Bonchev–Trinajstić information content (AvgIpc) is 3.26. The molecule has 4 rings (SSSR count). The molecule has 2 atom stereocenters. The van der Waals surface area contributed by atoms with Crippen molar-refractivity contribution in [3.05, 3.63) is 59.8 Å². The van der Waals surface area contributed by atoms with Gasteiger partial charge in [-0.3, -0.25) is 19.3 Å². The number of aryl methyl sites for hydroxylation is 1. The van der Waals surface area contributed by atoms with Gasteiger partial charge in [-0.1, -0.05) is 43.3 Å². The maximum Gasteiger partial charge on any atom is 0.245 e. The molecule has 7 nitrogen and oxygen atoms in total. The van der Waals surface area contributed by atoms with E-state index in [2.05, 4.69) is 29.5 Å². The van der Waals surface area contributed by atoms with E-state index in [0.29, 0.717) is 25.2 Å². The summed E-state index contributed by atoms with van der Waals surface area (Å²) in [6.45, 7) is 2.36. The summed E-state index contributed by atoms with van der Waals surface area (Å²) in [5.41, 5.74) is 2.33. The summed E-state index contributed by atoms with van der Waals surface area (Å²) >= 11 is 0. The van der Waals surface area contributed by atoms with Gasteiger partial charge >= 0.3 is 0 Å². The highest BCUT2D eigenvalue weighted by molar-refractivity contribution is 6.08. The third-order valence-electron chi connectivity index (χ3n) is 5.65. The van der Waals surface area contributed by atoms with Crippen LogP contribution in [0.4, 0.5) is 5.82 Å². The van der Waals surface area contributed by atoms with Crippen LogP contribution in [0.15, 0.2) is 48.7 Å². The number of benzene rings is 1. The minimum absolute atomic E-state index is 0.246. The van der Waals surface area contributed by atoms with Crippen molar-refractivity contribution in [3.63, 3.8) is 0 Å². The van der Waals surface area contributed by atoms with Gasteiger partial charge in [0.15, 0.2) is 0 Å². The van der Waals surface area contributed by atoms with Crippen molar-refractivity contribution < 1.29 is 14.4 Å². The van der Waals surface area contributed by atoms with E-state index in [1.807, 2.05) is 24.3 Å². The Balaban J connectivity index is 1.40. The molecule has 2 aromatic rings. The second-order valence-electron chi connectivity index (χ2n) is 7.51. The predicted molar refractivity (Wildman–Crippen MR) is 108 cm³/mol. The molecule has 0 bridgehead atoms. The molecule has 1 aliphatic heterocycles. The fourth-order valence-corrected chi connectivity index (χ4v) is 3.97. The van der Waals surface area contributed by atoms with Gasteiger partial charge in [-0.15, -0.1) is 0 Å². The van der Waals surface area contributed by atoms with Gasteiger partial charge in [-0.2, -0.15) is 5.10 Å². The summed E-state index contributed by atoms with van der Waals surface area (Å²) in [6, 6.07) is 9.95. The number of anilines is 1. The van der Waals surface area contributed by atoms with Crippen LogP contribution in [0.25, 0.3) is 0 Å². The van der Waals surface area contributed by atoms with Crippen molar-refractivity contribution in [3.8, 4) is 0 Å². The van der Waals surface area contributed by atoms with Crippen LogP contribution in [0.5, 0.6) is 0 Å². The molecule has 1 saturated heterocycles. The molecule has 1 aliphatic carbocycles. The van der Waals surface area contributed by atoms with Gasteiger partial charge in [0.25, 0.3) is 0 Å². The molecular weight excluding hydrogens is 368 g/mol. The van der Waals surface area contributed by atoms with Crippen LogP contribution in [0.1, 0.15) is 30.9 Å². The summed E-state index contributed by atoms with van der Waals surface area (Å²) in [7, 11) is 0. The van der Waals surface area contributed by atoms with Crippen LogP contribution < -0.4 is 5.32 Å². The summed E-state index contributed by atoms with van der Waals surface area (Å²) in [5.74, 6) is -1.00. The number of aromatic nitrogens is 2. The number of fused-ring (bicyclic) bond motifs is 1. The molecule has 0 saturated carbocycles. The zero-order valence-corrected chi connectivity index (χ0v) is 16.4. The van der Waals surface area contributed by atoms with E-state index in [1.165, 1.54) is 5.56 Å². The van der Waals surface area contributed by atoms with Crippen molar-refractivity contribution >= 4 is 23.5 Å². The zero-order valence-electron chi connectivity index (χ0n) is 16.4. The molecule has 29 heavy (non-hydrogen) atoms. The first-order valence-corrected chi connectivity index (χ1v) is 9.96.